The lowest BCUT2D eigenvalue weighted by atomic mass is 10.2. The fourth-order valence-electron chi connectivity index (χ4n) is 1.08. The Bertz CT molecular complexity index is 422. The van der Waals surface area contributed by atoms with Crippen molar-refractivity contribution >= 4 is 16.6 Å². The van der Waals surface area contributed by atoms with E-state index in [0.29, 0.717) is 0 Å². The van der Waals surface area contributed by atoms with Crippen molar-refractivity contribution in [1.82, 2.24) is 10.2 Å². The van der Waals surface area contributed by atoms with E-state index < -0.39 is 0 Å². The fourth-order valence-corrected chi connectivity index (χ4v) is 1.08. The van der Waals surface area contributed by atoms with Gasteiger partial charge in [0.05, 0.1) is 6.20 Å². The number of nitrogens with zero attached hydrogens (tertiary/aromatic N) is 3. The quantitative estimate of drug-likeness (QED) is 0.598. The van der Waals surface area contributed by atoms with Crippen LogP contribution in [0, 0.1) is 4.91 Å². The average Bonchev–Trinajstić information content (AvgIpc) is 2.17. The van der Waals surface area contributed by atoms with Crippen LogP contribution in [0.2, 0.25) is 0 Å². The highest BCUT2D eigenvalue weighted by molar-refractivity contribution is 5.89. The van der Waals surface area contributed by atoms with Crippen molar-refractivity contribution in [2.75, 3.05) is 0 Å². The number of nitroso groups, excluding NO2 is 1. The first-order valence-electron chi connectivity index (χ1n) is 3.45. The zero-order valence-electron chi connectivity index (χ0n) is 6.14. The van der Waals surface area contributed by atoms with E-state index in [4.69, 9.17) is 0 Å². The monoisotopic (exact) mass is 159 g/mol. The maximum Gasteiger partial charge on any atom is 0.225 e. The van der Waals surface area contributed by atoms with Crippen LogP contribution in [-0.4, -0.2) is 10.2 Å². The van der Waals surface area contributed by atoms with Gasteiger partial charge in [-0.3, -0.25) is 0 Å². The Morgan fingerprint density at radius 1 is 1.25 bits per heavy atom. The van der Waals surface area contributed by atoms with Crippen molar-refractivity contribution < 1.29 is 0 Å². The third kappa shape index (κ3) is 0.934. The van der Waals surface area contributed by atoms with E-state index in [1.807, 2.05) is 18.2 Å². The molecule has 0 aliphatic carbocycles. The van der Waals surface area contributed by atoms with Crippen LogP contribution in [-0.2, 0) is 0 Å². The molecule has 4 heteroatoms. The molecule has 0 bridgehead atoms. The van der Waals surface area contributed by atoms with Gasteiger partial charge < -0.3 is 0 Å². The smallest absolute Gasteiger partial charge is 0.156 e. The number of benzene rings is 1. The van der Waals surface area contributed by atoms with Crippen molar-refractivity contribution in [2.24, 2.45) is 5.18 Å². The SMILES string of the molecule is O=Nc1nncc2ccccc12. The second-order valence-electron chi connectivity index (χ2n) is 2.35. The van der Waals surface area contributed by atoms with E-state index in [9.17, 15) is 4.91 Å². The molecule has 2 aromatic rings. The minimum absolute atomic E-state index is 0.146. The number of hydrogen-bond acceptors (Lipinski definition) is 4. The summed E-state index contributed by atoms with van der Waals surface area (Å²) in [5, 5.41) is 11.6. The van der Waals surface area contributed by atoms with Crippen molar-refractivity contribution in [1.29, 1.82) is 0 Å². The van der Waals surface area contributed by atoms with Gasteiger partial charge in [-0.2, -0.15) is 5.10 Å². The van der Waals surface area contributed by atoms with Gasteiger partial charge in [0, 0.05) is 10.8 Å². The molecule has 1 heterocycles. The molecule has 0 unspecified atom stereocenters. The number of fused-ring (bicyclic) bond motifs is 1. The Morgan fingerprint density at radius 3 is 2.92 bits per heavy atom. The summed E-state index contributed by atoms with van der Waals surface area (Å²) in [6.07, 6.45) is 1.60. The van der Waals surface area contributed by atoms with Gasteiger partial charge in [0.25, 0.3) is 0 Å². The van der Waals surface area contributed by atoms with E-state index in [-0.39, 0.29) is 5.82 Å². The molecule has 0 N–H and O–H groups in total. The normalized spacial score (nSPS) is 10.0. The Labute approximate surface area is 68.2 Å². The predicted molar refractivity (Wildman–Crippen MR) is 45.0 cm³/mol. The van der Waals surface area contributed by atoms with Crippen molar-refractivity contribution in [2.45, 2.75) is 0 Å². The Kier molecular flexibility index (Phi) is 1.51. The van der Waals surface area contributed by atoms with Gasteiger partial charge in [0.2, 0.25) is 5.82 Å². The van der Waals surface area contributed by atoms with Gasteiger partial charge >= 0.3 is 0 Å². The van der Waals surface area contributed by atoms with Gasteiger partial charge in [0.15, 0.2) is 0 Å². The molecule has 0 amide bonds. The van der Waals surface area contributed by atoms with Crippen molar-refractivity contribution in [3.63, 3.8) is 0 Å². The number of aromatic nitrogens is 2. The summed E-state index contributed by atoms with van der Waals surface area (Å²) in [5.74, 6) is 0.146. The molecular weight excluding hydrogens is 154 g/mol. The maximum absolute atomic E-state index is 10.3. The standard InChI is InChI=1S/C8H5N3O/c12-11-8-7-4-2-1-3-6(7)5-9-10-8/h1-5H. The summed E-state index contributed by atoms with van der Waals surface area (Å²) in [6.45, 7) is 0. The first-order chi connectivity index (χ1) is 5.92. The third-order valence-electron chi connectivity index (χ3n) is 1.64. The molecule has 1 aromatic heterocycles. The minimum atomic E-state index is 0.146. The average molecular weight is 159 g/mol. The maximum atomic E-state index is 10.3. The molecule has 2 rings (SSSR count). The van der Waals surface area contributed by atoms with E-state index in [1.165, 1.54) is 0 Å². The van der Waals surface area contributed by atoms with Gasteiger partial charge in [-0.05, 0) is 5.18 Å². The summed E-state index contributed by atoms with van der Waals surface area (Å²) in [5.41, 5.74) is 0. The van der Waals surface area contributed by atoms with Crippen LogP contribution in [0.15, 0.2) is 35.6 Å². The van der Waals surface area contributed by atoms with Crippen LogP contribution in [0.4, 0.5) is 5.82 Å². The van der Waals surface area contributed by atoms with Crippen LogP contribution in [0.3, 0.4) is 0 Å². The van der Waals surface area contributed by atoms with Crippen LogP contribution >= 0.6 is 0 Å². The summed E-state index contributed by atoms with van der Waals surface area (Å²) in [6, 6.07) is 7.36. The second-order valence-corrected chi connectivity index (χ2v) is 2.35. The molecule has 0 atom stereocenters. The molecule has 0 spiro atoms. The van der Waals surface area contributed by atoms with E-state index in [0.717, 1.165) is 10.8 Å². The minimum Gasteiger partial charge on any atom is -0.156 e. The lowest BCUT2D eigenvalue weighted by Crippen LogP contribution is -1.81. The lowest BCUT2D eigenvalue weighted by molar-refractivity contribution is 1.04. The van der Waals surface area contributed by atoms with E-state index >= 15 is 0 Å². The number of hydrogen-bond donors (Lipinski definition) is 0. The van der Waals surface area contributed by atoms with Gasteiger partial charge in [-0.25, -0.2) is 0 Å². The van der Waals surface area contributed by atoms with E-state index in [1.54, 1.807) is 12.3 Å². The molecule has 0 aliphatic heterocycles. The predicted octanol–water partition coefficient (Wildman–Crippen LogP) is 2.03. The molecule has 0 saturated carbocycles. The zero-order valence-corrected chi connectivity index (χ0v) is 6.14. The highest BCUT2D eigenvalue weighted by Gasteiger charge is 2.00. The highest BCUT2D eigenvalue weighted by atomic mass is 16.3. The van der Waals surface area contributed by atoms with Crippen molar-refractivity contribution in [3.05, 3.63) is 35.4 Å². The summed E-state index contributed by atoms with van der Waals surface area (Å²) >= 11 is 0. The Morgan fingerprint density at radius 2 is 2.08 bits per heavy atom. The first kappa shape index (κ1) is 6.84. The first-order valence-corrected chi connectivity index (χ1v) is 3.45. The molecule has 12 heavy (non-hydrogen) atoms. The zero-order chi connectivity index (χ0) is 8.39. The summed E-state index contributed by atoms with van der Waals surface area (Å²) < 4.78 is 0. The molecule has 0 radical (unpaired) electrons. The molecule has 58 valence electrons. The van der Waals surface area contributed by atoms with Gasteiger partial charge in [0.1, 0.15) is 0 Å². The fraction of sp³-hybridized carbons (Fsp3) is 0. The lowest BCUT2D eigenvalue weighted by Gasteiger charge is -1.94. The van der Waals surface area contributed by atoms with Crippen LogP contribution in [0.1, 0.15) is 0 Å². The molecule has 1 aromatic carbocycles. The largest absolute Gasteiger partial charge is 0.225 e. The van der Waals surface area contributed by atoms with E-state index in [2.05, 4.69) is 15.4 Å². The van der Waals surface area contributed by atoms with Crippen molar-refractivity contribution in [3.8, 4) is 0 Å². The molecule has 0 saturated heterocycles. The summed E-state index contributed by atoms with van der Waals surface area (Å²) in [4.78, 5) is 10.3. The third-order valence-corrected chi connectivity index (χ3v) is 1.64. The van der Waals surface area contributed by atoms with Crippen LogP contribution in [0.25, 0.3) is 10.8 Å². The van der Waals surface area contributed by atoms with Crippen LogP contribution < -0.4 is 0 Å². The summed E-state index contributed by atoms with van der Waals surface area (Å²) in [7, 11) is 0. The molecular formula is C8H5N3O. The molecule has 4 nitrogen and oxygen atoms in total. The number of rotatable bonds is 1. The molecule has 0 aliphatic rings. The molecule has 0 fully saturated rings. The topological polar surface area (TPSA) is 55.2 Å². The Balaban J connectivity index is 2.88. The second kappa shape index (κ2) is 2.65. The Hall–Kier alpha value is -1.84. The highest BCUT2D eigenvalue weighted by Crippen LogP contribution is 2.20. The van der Waals surface area contributed by atoms with Gasteiger partial charge in [-0.15, -0.1) is 10.0 Å². The van der Waals surface area contributed by atoms with Crippen LogP contribution in [0.5, 0.6) is 0 Å². The van der Waals surface area contributed by atoms with Gasteiger partial charge in [-0.1, -0.05) is 24.3 Å².